The molecule has 0 aliphatic rings. The zero-order chi connectivity index (χ0) is 10.3. The lowest BCUT2D eigenvalue weighted by atomic mass is 10.2. The summed E-state index contributed by atoms with van der Waals surface area (Å²) >= 11 is 6.82. The van der Waals surface area contributed by atoms with Crippen molar-refractivity contribution in [3.8, 4) is 0 Å². The molecule has 1 unspecified atom stereocenters. The van der Waals surface area contributed by atoms with Crippen molar-refractivity contribution in [1.82, 2.24) is 5.32 Å². The van der Waals surface area contributed by atoms with Crippen LogP contribution in [0.1, 0.15) is 26.7 Å². The van der Waals surface area contributed by atoms with E-state index in [1.165, 1.54) is 11.8 Å². The van der Waals surface area contributed by atoms with Crippen LogP contribution in [0.2, 0.25) is 0 Å². The SMILES string of the molecule is CCCC(C)NC(=O)N=C(Cl)SC. The molecule has 0 aromatic rings. The maximum Gasteiger partial charge on any atom is 0.343 e. The first-order valence-corrected chi connectivity index (χ1v) is 5.79. The van der Waals surface area contributed by atoms with Crippen LogP contribution in [0.5, 0.6) is 0 Å². The topological polar surface area (TPSA) is 41.5 Å². The lowest BCUT2D eigenvalue weighted by molar-refractivity contribution is 0.246. The Morgan fingerprint density at radius 2 is 2.31 bits per heavy atom. The molecule has 2 amide bonds. The number of thioether (sulfide) groups is 1. The maximum atomic E-state index is 11.1. The van der Waals surface area contributed by atoms with Crippen molar-refractivity contribution in [2.24, 2.45) is 4.99 Å². The normalized spacial score (nSPS) is 14.0. The largest absolute Gasteiger partial charge is 0.343 e. The highest BCUT2D eigenvalue weighted by Crippen LogP contribution is 2.03. The van der Waals surface area contributed by atoms with Crippen LogP contribution < -0.4 is 5.32 Å². The van der Waals surface area contributed by atoms with Crippen molar-refractivity contribution in [2.75, 3.05) is 6.26 Å². The van der Waals surface area contributed by atoms with Crippen LogP contribution in [0.4, 0.5) is 4.79 Å². The van der Waals surface area contributed by atoms with Crippen molar-refractivity contribution in [2.45, 2.75) is 32.7 Å². The summed E-state index contributed by atoms with van der Waals surface area (Å²) in [6.45, 7) is 4.02. The van der Waals surface area contributed by atoms with Crippen LogP contribution >= 0.6 is 23.4 Å². The van der Waals surface area contributed by atoms with E-state index < -0.39 is 0 Å². The van der Waals surface area contributed by atoms with Gasteiger partial charge in [0.2, 0.25) is 0 Å². The molecule has 0 aromatic carbocycles. The van der Waals surface area contributed by atoms with Crippen LogP contribution in [-0.4, -0.2) is 22.8 Å². The van der Waals surface area contributed by atoms with E-state index in [4.69, 9.17) is 11.6 Å². The third-order valence-electron chi connectivity index (χ3n) is 1.45. The zero-order valence-electron chi connectivity index (χ0n) is 8.13. The second-order valence-electron chi connectivity index (χ2n) is 2.71. The van der Waals surface area contributed by atoms with Gasteiger partial charge in [-0.1, -0.05) is 36.7 Å². The quantitative estimate of drug-likeness (QED) is 0.590. The number of halogens is 1. The molecule has 0 aliphatic heterocycles. The van der Waals surface area contributed by atoms with Crippen LogP contribution in [0, 0.1) is 0 Å². The van der Waals surface area contributed by atoms with Crippen molar-refractivity contribution < 1.29 is 4.79 Å². The fraction of sp³-hybridized carbons (Fsp3) is 0.750. The summed E-state index contributed by atoms with van der Waals surface area (Å²) in [5, 5.41) is 2.72. The molecule has 76 valence electrons. The molecule has 0 spiro atoms. The minimum absolute atomic E-state index is 0.160. The molecule has 0 bridgehead atoms. The highest BCUT2D eigenvalue weighted by Gasteiger charge is 2.05. The number of hydrogen-bond donors (Lipinski definition) is 1. The molecule has 1 atom stereocenters. The van der Waals surface area contributed by atoms with E-state index >= 15 is 0 Å². The highest BCUT2D eigenvalue weighted by molar-refractivity contribution is 8.16. The van der Waals surface area contributed by atoms with Gasteiger partial charge in [-0.05, 0) is 19.6 Å². The van der Waals surface area contributed by atoms with E-state index in [0.717, 1.165) is 12.8 Å². The number of hydrogen-bond acceptors (Lipinski definition) is 2. The fourth-order valence-electron chi connectivity index (χ4n) is 0.874. The Morgan fingerprint density at radius 1 is 1.69 bits per heavy atom. The molecule has 0 fully saturated rings. The summed E-state index contributed by atoms with van der Waals surface area (Å²) in [6, 6.07) is -0.201. The number of carbonyl (C=O) groups excluding carboxylic acids is 1. The second-order valence-corrected chi connectivity index (χ2v) is 4.09. The predicted molar refractivity (Wildman–Crippen MR) is 59.7 cm³/mol. The van der Waals surface area contributed by atoms with Gasteiger partial charge >= 0.3 is 6.03 Å². The summed E-state index contributed by atoms with van der Waals surface area (Å²) in [7, 11) is 0. The Labute approximate surface area is 88.3 Å². The van der Waals surface area contributed by atoms with Crippen LogP contribution in [-0.2, 0) is 0 Å². The summed E-state index contributed by atoms with van der Waals surface area (Å²) in [5.41, 5.74) is 0. The minimum atomic E-state index is -0.361. The first-order valence-electron chi connectivity index (χ1n) is 4.18. The molecule has 13 heavy (non-hydrogen) atoms. The number of aliphatic imine (C=N–C) groups is 1. The summed E-state index contributed by atoms with van der Waals surface area (Å²) in [6.07, 6.45) is 3.77. The maximum absolute atomic E-state index is 11.1. The van der Waals surface area contributed by atoms with Gasteiger partial charge in [0.25, 0.3) is 0 Å². The lowest BCUT2D eigenvalue weighted by Crippen LogP contribution is -2.30. The van der Waals surface area contributed by atoms with Gasteiger partial charge in [-0.3, -0.25) is 0 Å². The number of nitrogens with zero attached hydrogens (tertiary/aromatic N) is 1. The summed E-state index contributed by atoms with van der Waals surface area (Å²) < 4.78 is 0.265. The first-order chi connectivity index (χ1) is 6.10. The van der Waals surface area contributed by atoms with Gasteiger partial charge in [-0.25, -0.2) is 4.79 Å². The standard InChI is InChI=1S/C8H15ClN2OS/c1-4-5-6(2)10-8(12)11-7(9)13-3/h6H,4-5H2,1-3H3,(H,10,12). The Bertz CT molecular complexity index is 197. The third kappa shape index (κ3) is 6.90. The van der Waals surface area contributed by atoms with Gasteiger partial charge < -0.3 is 5.32 Å². The second kappa shape index (κ2) is 7.21. The number of nitrogens with one attached hydrogen (secondary N) is 1. The van der Waals surface area contributed by atoms with E-state index in [-0.39, 0.29) is 16.6 Å². The van der Waals surface area contributed by atoms with E-state index in [2.05, 4.69) is 17.2 Å². The van der Waals surface area contributed by atoms with Gasteiger partial charge in [0, 0.05) is 6.04 Å². The van der Waals surface area contributed by atoms with Crippen molar-refractivity contribution in [3.05, 3.63) is 0 Å². The molecule has 0 aliphatic carbocycles. The Balaban J connectivity index is 3.86. The van der Waals surface area contributed by atoms with Gasteiger partial charge in [0.05, 0.1) is 0 Å². The Hall–Kier alpha value is -0.220. The molecule has 0 rings (SSSR count). The average Bonchev–Trinajstić information content (AvgIpc) is 2.04. The molecular weight excluding hydrogens is 208 g/mol. The number of amides is 2. The van der Waals surface area contributed by atoms with Gasteiger partial charge in [0.1, 0.15) is 0 Å². The molecule has 0 saturated heterocycles. The van der Waals surface area contributed by atoms with E-state index in [0.29, 0.717) is 0 Å². The Morgan fingerprint density at radius 3 is 2.77 bits per heavy atom. The van der Waals surface area contributed by atoms with Gasteiger partial charge in [-0.2, -0.15) is 4.99 Å². The summed E-state index contributed by atoms with van der Waals surface area (Å²) in [5.74, 6) is 0. The fourth-order valence-corrected chi connectivity index (χ4v) is 1.12. The third-order valence-corrected chi connectivity index (χ3v) is 2.43. The number of urea groups is 1. The molecule has 0 aromatic heterocycles. The Kier molecular flexibility index (Phi) is 7.09. The lowest BCUT2D eigenvalue weighted by Gasteiger charge is -2.09. The van der Waals surface area contributed by atoms with E-state index in [9.17, 15) is 4.79 Å². The molecule has 3 nitrogen and oxygen atoms in total. The highest BCUT2D eigenvalue weighted by atomic mass is 35.5. The van der Waals surface area contributed by atoms with Gasteiger partial charge in [-0.15, -0.1) is 0 Å². The number of carbonyl (C=O) groups is 1. The molecule has 0 radical (unpaired) electrons. The van der Waals surface area contributed by atoms with Crippen molar-refractivity contribution in [3.63, 3.8) is 0 Å². The zero-order valence-corrected chi connectivity index (χ0v) is 9.71. The smallest absolute Gasteiger partial charge is 0.334 e. The van der Waals surface area contributed by atoms with Gasteiger partial charge in [0.15, 0.2) is 4.50 Å². The molecule has 0 heterocycles. The first kappa shape index (κ1) is 12.8. The molecule has 0 saturated carbocycles. The van der Waals surface area contributed by atoms with Crippen LogP contribution in [0.3, 0.4) is 0 Å². The van der Waals surface area contributed by atoms with Crippen LogP contribution in [0.25, 0.3) is 0 Å². The van der Waals surface area contributed by atoms with E-state index in [1.807, 2.05) is 6.92 Å². The number of rotatable bonds is 3. The average molecular weight is 223 g/mol. The van der Waals surface area contributed by atoms with E-state index in [1.54, 1.807) is 6.26 Å². The van der Waals surface area contributed by atoms with Crippen molar-refractivity contribution in [1.29, 1.82) is 0 Å². The minimum Gasteiger partial charge on any atom is -0.334 e. The molecule has 1 N–H and O–H groups in total. The van der Waals surface area contributed by atoms with Crippen molar-refractivity contribution >= 4 is 33.9 Å². The van der Waals surface area contributed by atoms with Crippen LogP contribution in [0.15, 0.2) is 4.99 Å². The molecule has 5 heteroatoms. The summed E-state index contributed by atoms with van der Waals surface area (Å²) in [4.78, 5) is 14.7. The monoisotopic (exact) mass is 222 g/mol. The molecular formula is C8H15ClN2OS. The predicted octanol–water partition coefficient (Wildman–Crippen LogP) is 2.84.